The average Bonchev–Trinajstić information content (AvgIpc) is 2.23. The lowest BCUT2D eigenvalue weighted by Gasteiger charge is -2.13. The highest BCUT2D eigenvalue weighted by molar-refractivity contribution is 9.10. The Morgan fingerprint density at radius 3 is 2.75 bits per heavy atom. The first-order valence-electron chi connectivity index (χ1n) is 4.46. The molecule has 0 radical (unpaired) electrons. The summed E-state index contributed by atoms with van der Waals surface area (Å²) < 4.78 is 5.62. The van der Waals surface area contributed by atoms with Gasteiger partial charge in [0.05, 0.1) is 18.2 Å². The number of carboxylic acid groups (broad SMARTS) is 1. The molecule has 0 aliphatic rings. The maximum atomic E-state index is 10.9. The van der Waals surface area contributed by atoms with Crippen molar-refractivity contribution in [2.45, 2.75) is 6.10 Å². The lowest BCUT2D eigenvalue weighted by Crippen LogP contribution is -2.17. The van der Waals surface area contributed by atoms with E-state index in [4.69, 9.17) is 26.6 Å². The Labute approximate surface area is 106 Å². The second-order valence-corrected chi connectivity index (χ2v) is 4.25. The Bertz CT molecular complexity index is 383. The van der Waals surface area contributed by atoms with Gasteiger partial charge >= 0.3 is 5.97 Å². The minimum Gasteiger partial charge on any atom is -0.479 e. The van der Waals surface area contributed by atoms with E-state index in [1.54, 1.807) is 18.2 Å². The number of aliphatic carboxylic acids is 1. The van der Waals surface area contributed by atoms with Gasteiger partial charge in [-0.05, 0) is 33.6 Å². The molecule has 0 fully saturated rings. The molecule has 1 unspecified atom stereocenters. The Balaban J connectivity index is 2.92. The van der Waals surface area contributed by atoms with Crippen molar-refractivity contribution in [1.82, 2.24) is 0 Å². The SMILES string of the molecule is O=C(O)C(OCCO)c1ccc(Cl)c(Br)c1. The Morgan fingerprint density at radius 1 is 1.56 bits per heavy atom. The van der Waals surface area contributed by atoms with E-state index in [-0.39, 0.29) is 13.2 Å². The van der Waals surface area contributed by atoms with Crippen molar-refractivity contribution in [3.63, 3.8) is 0 Å². The number of hydrogen-bond acceptors (Lipinski definition) is 3. The Morgan fingerprint density at radius 2 is 2.25 bits per heavy atom. The van der Waals surface area contributed by atoms with Gasteiger partial charge in [0.25, 0.3) is 0 Å². The molecular weight excluding hydrogens is 299 g/mol. The van der Waals surface area contributed by atoms with E-state index in [1.165, 1.54) is 0 Å². The Kier molecular flexibility index (Phi) is 5.21. The van der Waals surface area contributed by atoms with Crippen LogP contribution >= 0.6 is 27.5 Å². The second kappa shape index (κ2) is 6.20. The Hall–Kier alpha value is -0.620. The van der Waals surface area contributed by atoms with Gasteiger partial charge in [0.15, 0.2) is 6.10 Å². The number of carboxylic acids is 1. The van der Waals surface area contributed by atoms with Crippen LogP contribution in [-0.2, 0) is 9.53 Å². The first-order chi connectivity index (χ1) is 7.56. The summed E-state index contributed by atoms with van der Waals surface area (Å²) in [6.45, 7) is -0.254. The summed E-state index contributed by atoms with van der Waals surface area (Å²) in [5.74, 6) is -1.11. The normalized spacial score (nSPS) is 12.4. The zero-order chi connectivity index (χ0) is 12.1. The van der Waals surface area contributed by atoms with Crippen LogP contribution in [0.1, 0.15) is 11.7 Å². The molecule has 1 aromatic rings. The van der Waals surface area contributed by atoms with E-state index in [0.29, 0.717) is 15.1 Å². The molecule has 16 heavy (non-hydrogen) atoms. The van der Waals surface area contributed by atoms with Crippen LogP contribution in [0, 0.1) is 0 Å². The molecule has 0 aromatic heterocycles. The van der Waals surface area contributed by atoms with Crippen LogP contribution in [0.4, 0.5) is 0 Å². The van der Waals surface area contributed by atoms with Gasteiger partial charge < -0.3 is 14.9 Å². The van der Waals surface area contributed by atoms with Crippen LogP contribution in [0.3, 0.4) is 0 Å². The molecule has 0 aliphatic heterocycles. The molecule has 0 saturated heterocycles. The predicted molar refractivity (Wildman–Crippen MR) is 62.6 cm³/mol. The highest BCUT2D eigenvalue weighted by atomic mass is 79.9. The lowest BCUT2D eigenvalue weighted by molar-refractivity contribution is -0.151. The average molecular weight is 310 g/mol. The van der Waals surface area contributed by atoms with Gasteiger partial charge in [0.1, 0.15) is 0 Å². The highest BCUT2D eigenvalue weighted by Crippen LogP contribution is 2.27. The van der Waals surface area contributed by atoms with Crippen molar-refractivity contribution < 1.29 is 19.7 Å². The van der Waals surface area contributed by atoms with Crippen molar-refractivity contribution >= 4 is 33.5 Å². The zero-order valence-corrected chi connectivity index (χ0v) is 10.5. The van der Waals surface area contributed by atoms with Crippen molar-refractivity contribution in [1.29, 1.82) is 0 Å². The third-order valence-corrected chi connectivity index (χ3v) is 3.06. The summed E-state index contributed by atoms with van der Waals surface area (Å²) in [6.07, 6.45) is -1.10. The van der Waals surface area contributed by atoms with Gasteiger partial charge in [-0.25, -0.2) is 4.79 Å². The summed E-state index contributed by atoms with van der Waals surface area (Å²) in [6, 6.07) is 4.74. The molecule has 88 valence electrons. The van der Waals surface area contributed by atoms with Crippen molar-refractivity contribution in [2.75, 3.05) is 13.2 Å². The first-order valence-corrected chi connectivity index (χ1v) is 5.63. The highest BCUT2D eigenvalue weighted by Gasteiger charge is 2.20. The topological polar surface area (TPSA) is 66.8 Å². The molecule has 0 heterocycles. The molecule has 0 amide bonds. The van der Waals surface area contributed by atoms with Crippen molar-refractivity contribution in [2.24, 2.45) is 0 Å². The van der Waals surface area contributed by atoms with Gasteiger partial charge in [0, 0.05) is 4.47 Å². The quantitative estimate of drug-likeness (QED) is 0.875. The number of halogens is 2. The monoisotopic (exact) mass is 308 g/mol. The van der Waals surface area contributed by atoms with E-state index in [9.17, 15) is 4.79 Å². The van der Waals surface area contributed by atoms with E-state index in [2.05, 4.69) is 15.9 Å². The minimum atomic E-state index is -1.11. The maximum absolute atomic E-state index is 10.9. The largest absolute Gasteiger partial charge is 0.479 e. The van der Waals surface area contributed by atoms with Gasteiger partial charge in [-0.15, -0.1) is 0 Å². The molecule has 2 N–H and O–H groups in total. The fraction of sp³-hybridized carbons (Fsp3) is 0.300. The number of rotatable bonds is 5. The zero-order valence-electron chi connectivity index (χ0n) is 8.19. The fourth-order valence-corrected chi connectivity index (χ4v) is 1.67. The van der Waals surface area contributed by atoms with Crippen LogP contribution in [0.25, 0.3) is 0 Å². The van der Waals surface area contributed by atoms with Crippen molar-refractivity contribution in [3.8, 4) is 0 Å². The second-order valence-electron chi connectivity index (χ2n) is 2.99. The van der Waals surface area contributed by atoms with Crippen molar-refractivity contribution in [3.05, 3.63) is 33.3 Å². The van der Waals surface area contributed by atoms with Crippen LogP contribution in [0.2, 0.25) is 5.02 Å². The number of carbonyl (C=O) groups is 1. The van der Waals surface area contributed by atoms with Gasteiger partial charge in [-0.3, -0.25) is 0 Å². The minimum absolute atomic E-state index is 0.0305. The first kappa shape index (κ1) is 13.4. The lowest BCUT2D eigenvalue weighted by atomic mass is 10.1. The van der Waals surface area contributed by atoms with E-state index >= 15 is 0 Å². The summed E-state index contributed by atoms with van der Waals surface area (Å²) in [4.78, 5) is 10.9. The standard InChI is InChI=1S/C10H10BrClO4/c11-7-5-6(1-2-8(7)12)9(10(14)15)16-4-3-13/h1-2,5,9,13H,3-4H2,(H,14,15). The van der Waals surface area contributed by atoms with Gasteiger partial charge in [0.2, 0.25) is 0 Å². The smallest absolute Gasteiger partial charge is 0.337 e. The van der Waals surface area contributed by atoms with Crippen LogP contribution in [0.15, 0.2) is 22.7 Å². The van der Waals surface area contributed by atoms with E-state index < -0.39 is 12.1 Å². The summed E-state index contributed by atoms with van der Waals surface area (Å²) in [5, 5.41) is 18.0. The van der Waals surface area contributed by atoms with E-state index in [0.717, 1.165) is 0 Å². The van der Waals surface area contributed by atoms with Crippen LogP contribution < -0.4 is 0 Å². The molecule has 1 rings (SSSR count). The molecule has 0 aliphatic carbocycles. The third-order valence-electron chi connectivity index (χ3n) is 1.85. The molecule has 0 saturated carbocycles. The van der Waals surface area contributed by atoms with E-state index in [1.807, 2.05) is 0 Å². The summed E-state index contributed by atoms with van der Waals surface area (Å²) in [5.41, 5.74) is 0.470. The number of aliphatic hydroxyl groups excluding tert-OH is 1. The number of aliphatic hydroxyl groups is 1. The molecule has 6 heteroatoms. The molecule has 1 atom stereocenters. The van der Waals surface area contributed by atoms with Crippen LogP contribution in [0.5, 0.6) is 0 Å². The molecule has 0 bridgehead atoms. The predicted octanol–water partition coefficient (Wildman–Crippen LogP) is 2.24. The summed E-state index contributed by atoms with van der Waals surface area (Å²) in [7, 11) is 0. The summed E-state index contributed by atoms with van der Waals surface area (Å²) >= 11 is 9.00. The van der Waals surface area contributed by atoms with Crippen LogP contribution in [-0.4, -0.2) is 29.4 Å². The maximum Gasteiger partial charge on any atom is 0.337 e. The third kappa shape index (κ3) is 3.45. The van der Waals surface area contributed by atoms with Gasteiger partial charge in [-0.1, -0.05) is 17.7 Å². The van der Waals surface area contributed by atoms with Gasteiger partial charge in [-0.2, -0.15) is 0 Å². The molecule has 0 spiro atoms. The number of ether oxygens (including phenoxy) is 1. The fourth-order valence-electron chi connectivity index (χ4n) is 1.16. The molecule has 4 nitrogen and oxygen atoms in total. The number of benzene rings is 1. The molecule has 1 aromatic carbocycles. The number of hydrogen-bond donors (Lipinski definition) is 2. The molecular formula is C10H10BrClO4.